The number of pyridine rings is 3. The summed E-state index contributed by atoms with van der Waals surface area (Å²) in [5.74, 6) is -1.43. The van der Waals surface area contributed by atoms with E-state index in [0.717, 1.165) is 73.1 Å². The number of halogens is 1. The molecule has 5 amide bonds. The molecule has 2 aliphatic carbocycles. The molecule has 0 spiro atoms. The number of aromatic nitrogens is 3. The van der Waals surface area contributed by atoms with Gasteiger partial charge < -0.3 is 52.3 Å². The Bertz CT molecular complexity index is 3930. The van der Waals surface area contributed by atoms with E-state index >= 15 is 0 Å². The monoisotopic (exact) mass is 1210 g/mol. The van der Waals surface area contributed by atoms with Crippen LogP contribution in [-0.4, -0.2) is 115 Å². The topological polar surface area (TPSA) is 261 Å². The number of allylic oxidation sites excluding steroid dienone is 2. The zero-order chi connectivity index (χ0) is 64.1. The lowest BCUT2D eigenvalue weighted by Crippen LogP contribution is -2.30. The molecule has 0 aliphatic heterocycles. The minimum atomic E-state index is -0.546. The quantitative estimate of drug-likeness (QED) is 0.0311. The molecule has 8 aromatic rings. The van der Waals surface area contributed by atoms with E-state index < -0.39 is 23.4 Å². The smallest absolute Gasteiger partial charge is 0.294 e. The third-order valence-electron chi connectivity index (χ3n) is 14.4. The van der Waals surface area contributed by atoms with E-state index in [1.165, 1.54) is 9.80 Å². The summed E-state index contributed by atoms with van der Waals surface area (Å²) in [6.45, 7) is 5.79. The number of Topliss-reactive ketones (excluding diaryl/α,β-unsaturated/α-hetero) is 2. The fourth-order valence-electron chi connectivity index (χ4n) is 9.47. The number of hydrogen-bond donors (Lipinski definition) is 8. The van der Waals surface area contributed by atoms with Crippen LogP contribution in [0.4, 0.5) is 57.1 Å². The van der Waals surface area contributed by atoms with Crippen molar-refractivity contribution in [3.8, 4) is 0 Å². The van der Waals surface area contributed by atoms with E-state index in [4.69, 9.17) is 11.6 Å². The van der Waals surface area contributed by atoms with Gasteiger partial charge in [0.25, 0.3) is 41.1 Å². The van der Waals surface area contributed by atoms with Gasteiger partial charge in [-0.15, -0.1) is 0 Å². The van der Waals surface area contributed by atoms with Gasteiger partial charge in [-0.05, 0) is 139 Å². The van der Waals surface area contributed by atoms with Crippen LogP contribution in [0.15, 0.2) is 158 Å². The van der Waals surface area contributed by atoms with Crippen LogP contribution in [-0.2, 0) is 32.0 Å². The van der Waals surface area contributed by atoms with Crippen molar-refractivity contribution in [2.75, 3.05) is 75.9 Å². The number of ketones is 2. The summed E-state index contributed by atoms with van der Waals surface area (Å²) in [6, 6.07) is 38.8. The molecule has 2 aliphatic rings. The first kappa shape index (κ1) is 64.0. The fourth-order valence-corrected chi connectivity index (χ4v) is 9.63. The lowest BCUT2D eigenvalue weighted by atomic mass is 10.0. The molecule has 0 unspecified atom stereocenters. The molecule has 5 aromatic carbocycles. The minimum absolute atomic E-state index is 0.138. The Balaban J connectivity index is 0.000000181. The van der Waals surface area contributed by atoms with Crippen LogP contribution in [0.1, 0.15) is 70.0 Å². The highest BCUT2D eigenvalue weighted by molar-refractivity contribution is 6.54. The fraction of sp³-hybridized carbons (Fsp3) is 0.176. The first-order valence-corrected chi connectivity index (χ1v) is 28.6. The molecular formula is C68H68ClN13O7. The average Bonchev–Trinajstić information content (AvgIpc) is 2.33. The number of benzene rings is 5. The first-order chi connectivity index (χ1) is 42.7. The van der Waals surface area contributed by atoms with Gasteiger partial charge in [-0.1, -0.05) is 72.3 Å². The number of likely N-dealkylation sites (N-methyl/N-ethyl adjacent to an activating group) is 2. The second-order valence-electron chi connectivity index (χ2n) is 21.0. The van der Waals surface area contributed by atoms with E-state index in [0.29, 0.717) is 68.8 Å². The highest BCUT2D eigenvalue weighted by Gasteiger charge is 2.29. The number of carbonyl (C=O) groups excluding carboxylic acids is 7. The molecule has 89 heavy (non-hydrogen) atoms. The lowest BCUT2D eigenvalue weighted by Gasteiger charge is -2.15. The van der Waals surface area contributed by atoms with E-state index in [-0.39, 0.29) is 17.7 Å². The summed E-state index contributed by atoms with van der Waals surface area (Å²) in [7, 11) is 11.1. The number of nitrogens with one attached hydrogen (secondary N) is 8. The van der Waals surface area contributed by atoms with Crippen LogP contribution in [0, 0.1) is 20.8 Å². The summed E-state index contributed by atoms with van der Waals surface area (Å²) >= 11 is 5.88. The van der Waals surface area contributed by atoms with Gasteiger partial charge >= 0.3 is 0 Å². The third-order valence-corrected chi connectivity index (χ3v) is 14.6. The van der Waals surface area contributed by atoms with Crippen LogP contribution < -0.4 is 42.5 Å². The van der Waals surface area contributed by atoms with Crippen LogP contribution in [0.3, 0.4) is 0 Å². The number of para-hydroxylation sites is 3. The molecule has 0 saturated carbocycles. The van der Waals surface area contributed by atoms with Gasteiger partial charge in [0.2, 0.25) is 0 Å². The number of carbonyl (C=O) groups is 7. The molecule has 3 heterocycles. The molecule has 0 atom stereocenters. The van der Waals surface area contributed by atoms with Crippen molar-refractivity contribution >= 4 is 121 Å². The predicted octanol–water partition coefficient (Wildman–Crippen LogP) is 10.8. The van der Waals surface area contributed by atoms with Gasteiger partial charge in [-0.3, -0.25) is 33.6 Å². The minimum Gasteiger partial charge on any atom is -0.355 e. The van der Waals surface area contributed by atoms with Crippen molar-refractivity contribution < 1.29 is 33.6 Å². The van der Waals surface area contributed by atoms with Crippen molar-refractivity contribution in [3.63, 3.8) is 0 Å². The lowest BCUT2D eigenvalue weighted by molar-refractivity contribution is -0.139. The second kappa shape index (κ2) is 28.9. The first-order valence-electron chi connectivity index (χ1n) is 28.2. The highest BCUT2D eigenvalue weighted by Crippen LogP contribution is 2.35. The number of hydrogen-bond acceptors (Lipinski definition) is 15. The van der Waals surface area contributed by atoms with Gasteiger partial charge in [0.05, 0.1) is 33.8 Å². The molecule has 0 bridgehead atoms. The number of fused-ring (bicyclic) bond motifs is 2. The molecule has 0 saturated heterocycles. The number of amides is 5. The number of rotatable bonds is 17. The SMILES string of the molecule is CNC(=O)c1ccccc1Nc1cc(Cl)ncc1C.CNC(=O)c1ccccc1Nc1cc(Nc2ccc3c(c2)C(C(=O)C(=O)N(C)C)=CC3)ncc1C.CNC(=O)c1ccccc1Nc1cc(Nc2ccc3c(c2)C(C(=O)C(=O)N(C)C)=CC3)ncc1C. The Kier molecular flexibility index (Phi) is 20.8. The highest BCUT2D eigenvalue weighted by atomic mass is 35.5. The van der Waals surface area contributed by atoms with Crippen molar-refractivity contribution in [1.29, 1.82) is 0 Å². The van der Waals surface area contributed by atoms with Crippen molar-refractivity contribution in [2.45, 2.75) is 33.6 Å². The van der Waals surface area contributed by atoms with E-state index in [1.807, 2.05) is 124 Å². The molecule has 21 heteroatoms. The molecular weight excluding hydrogens is 1150 g/mol. The largest absolute Gasteiger partial charge is 0.355 e. The van der Waals surface area contributed by atoms with E-state index in [2.05, 4.69) is 57.5 Å². The maximum atomic E-state index is 12.6. The van der Waals surface area contributed by atoms with Gasteiger partial charge in [0.1, 0.15) is 16.8 Å². The van der Waals surface area contributed by atoms with Crippen LogP contribution in [0.5, 0.6) is 0 Å². The Labute approximate surface area is 521 Å². The number of anilines is 10. The summed E-state index contributed by atoms with van der Waals surface area (Å²) in [6.07, 6.45) is 9.99. The Morgan fingerprint density at radius 1 is 0.416 bits per heavy atom. The summed E-state index contributed by atoms with van der Waals surface area (Å²) in [5, 5.41) is 24.8. The number of aryl methyl sites for hydroxylation is 3. The maximum absolute atomic E-state index is 12.6. The zero-order valence-electron chi connectivity index (χ0n) is 50.9. The molecule has 20 nitrogen and oxygen atoms in total. The van der Waals surface area contributed by atoms with Crippen LogP contribution in [0.25, 0.3) is 11.1 Å². The molecule has 3 aromatic heterocycles. The summed E-state index contributed by atoms with van der Waals surface area (Å²) < 4.78 is 0. The molecule has 454 valence electrons. The Hall–Kier alpha value is -11.0. The molecule has 0 fully saturated rings. The standard InChI is InChI=1S/2C27H27N5O3.C14H14ClN3O/c2*1-16-15-29-24(14-23(16)31-22-8-6-5-7-20(22)26(34)28-2)30-18-11-9-17-10-12-19(21(17)13-18)25(33)27(35)32(3)4;1-9-8-17-13(15)7-12(9)18-11-6-4-3-5-10(11)14(19)16-2/h2*5-9,11-15H,10H2,1-4H3,(H,28,34)(H2,29,30,31);3-8H,1-2H3,(H,16,19)(H,17,18). The van der Waals surface area contributed by atoms with Gasteiger partial charge in [-0.2, -0.15) is 0 Å². The van der Waals surface area contributed by atoms with E-state index in [1.54, 1.807) is 104 Å². The zero-order valence-corrected chi connectivity index (χ0v) is 51.7. The van der Waals surface area contributed by atoms with Gasteiger partial charge in [0, 0.05) is 120 Å². The average molecular weight is 1210 g/mol. The molecule has 10 rings (SSSR count). The second-order valence-corrected chi connectivity index (χ2v) is 21.4. The van der Waals surface area contributed by atoms with Crippen molar-refractivity contribution in [2.24, 2.45) is 0 Å². The third kappa shape index (κ3) is 15.5. The maximum Gasteiger partial charge on any atom is 0.294 e. The van der Waals surface area contributed by atoms with Crippen LogP contribution in [0.2, 0.25) is 5.15 Å². The summed E-state index contributed by atoms with van der Waals surface area (Å²) in [4.78, 5) is 101. The van der Waals surface area contributed by atoms with Crippen LogP contribution >= 0.6 is 11.6 Å². The number of nitrogens with zero attached hydrogens (tertiary/aromatic N) is 5. The Morgan fingerprint density at radius 2 is 0.753 bits per heavy atom. The normalized spacial score (nSPS) is 11.4. The van der Waals surface area contributed by atoms with E-state index in [9.17, 15) is 33.6 Å². The summed E-state index contributed by atoms with van der Waals surface area (Å²) in [5.41, 5.74) is 14.8. The molecule has 8 N–H and O–H groups in total. The molecule has 0 radical (unpaired) electrons. The van der Waals surface area contributed by atoms with Gasteiger partial charge in [0.15, 0.2) is 0 Å². The predicted molar refractivity (Wildman–Crippen MR) is 351 cm³/mol. The van der Waals surface area contributed by atoms with Crippen molar-refractivity contribution in [1.82, 2.24) is 40.7 Å². The van der Waals surface area contributed by atoms with Gasteiger partial charge in [-0.25, -0.2) is 15.0 Å². The Morgan fingerprint density at radius 3 is 1.10 bits per heavy atom. The van der Waals surface area contributed by atoms with Crippen molar-refractivity contribution in [3.05, 3.63) is 219 Å².